The molecule has 0 saturated heterocycles. The van der Waals surface area contributed by atoms with E-state index in [1.54, 1.807) is 0 Å². The average Bonchev–Trinajstić information content (AvgIpc) is 2.97. The van der Waals surface area contributed by atoms with E-state index in [0.717, 1.165) is 30.4 Å². The molecule has 17 heavy (non-hydrogen) atoms. The maximum Gasteiger partial charge on any atom is 0.157 e. The summed E-state index contributed by atoms with van der Waals surface area (Å²) in [6.07, 6.45) is 3.65. The van der Waals surface area contributed by atoms with Crippen molar-refractivity contribution in [2.24, 2.45) is 5.73 Å². The largest absolute Gasteiger partial charge is 0.328 e. The molecule has 0 amide bonds. The molecule has 0 aliphatic heterocycles. The molecule has 1 aromatic rings. The van der Waals surface area contributed by atoms with Crippen LogP contribution in [0.1, 0.15) is 30.9 Å². The zero-order valence-corrected chi connectivity index (χ0v) is 11.1. The Morgan fingerprint density at radius 2 is 1.82 bits per heavy atom. The summed E-state index contributed by atoms with van der Waals surface area (Å²) in [5, 5.41) is 0. The first kappa shape index (κ1) is 12.6. The fourth-order valence-electron chi connectivity index (χ4n) is 2.30. The van der Waals surface area contributed by atoms with Crippen LogP contribution in [0.4, 0.5) is 0 Å². The Morgan fingerprint density at radius 3 is 2.18 bits per heavy atom. The number of hydrogen-bond acceptors (Lipinski definition) is 3. The lowest BCUT2D eigenvalue weighted by Gasteiger charge is -2.14. The van der Waals surface area contributed by atoms with Gasteiger partial charge in [0, 0.05) is 12.3 Å². The third kappa shape index (κ3) is 2.38. The first-order chi connectivity index (χ1) is 7.85. The van der Waals surface area contributed by atoms with Crippen LogP contribution in [-0.2, 0) is 21.0 Å². The van der Waals surface area contributed by atoms with Crippen molar-refractivity contribution >= 4 is 9.84 Å². The predicted octanol–water partition coefficient (Wildman–Crippen LogP) is 1.61. The van der Waals surface area contributed by atoms with Crippen LogP contribution in [0.5, 0.6) is 0 Å². The molecule has 1 aliphatic rings. The molecular weight excluding hydrogens is 234 g/mol. The average molecular weight is 253 g/mol. The molecule has 1 atom stereocenters. The van der Waals surface area contributed by atoms with Gasteiger partial charge in [0.05, 0.1) is 4.75 Å². The van der Waals surface area contributed by atoms with Gasteiger partial charge in [0.15, 0.2) is 9.84 Å². The van der Waals surface area contributed by atoms with Crippen molar-refractivity contribution < 1.29 is 8.42 Å². The second kappa shape index (κ2) is 4.10. The predicted molar refractivity (Wildman–Crippen MR) is 69.6 cm³/mol. The highest BCUT2D eigenvalue weighted by atomic mass is 32.2. The fourth-order valence-corrected chi connectivity index (χ4v) is 3.71. The maximum absolute atomic E-state index is 11.8. The highest BCUT2D eigenvalue weighted by Gasteiger charge is 2.53. The molecule has 1 aromatic carbocycles. The Kier molecular flexibility index (Phi) is 3.04. The van der Waals surface area contributed by atoms with E-state index in [1.165, 1.54) is 6.26 Å². The van der Waals surface area contributed by atoms with Gasteiger partial charge in [-0.3, -0.25) is 0 Å². The van der Waals surface area contributed by atoms with Crippen LogP contribution in [0.25, 0.3) is 0 Å². The van der Waals surface area contributed by atoms with Crippen LogP contribution in [0.15, 0.2) is 24.3 Å². The van der Waals surface area contributed by atoms with Gasteiger partial charge in [-0.2, -0.15) is 0 Å². The Balaban J connectivity index is 2.25. The Morgan fingerprint density at radius 1 is 1.29 bits per heavy atom. The summed E-state index contributed by atoms with van der Waals surface area (Å²) in [4.78, 5) is 0. The molecular formula is C13H19NO2S. The molecule has 1 saturated carbocycles. The second-order valence-electron chi connectivity index (χ2n) is 5.14. The Bertz CT molecular complexity index is 499. The summed E-state index contributed by atoms with van der Waals surface area (Å²) in [6.45, 7) is 1.97. The molecule has 0 aromatic heterocycles. The molecule has 0 spiro atoms. The minimum Gasteiger partial charge on any atom is -0.328 e. The third-order valence-electron chi connectivity index (χ3n) is 3.45. The van der Waals surface area contributed by atoms with Gasteiger partial charge < -0.3 is 5.73 Å². The van der Waals surface area contributed by atoms with Crippen molar-refractivity contribution in [1.29, 1.82) is 0 Å². The van der Waals surface area contributed by atoms with Crippen LogP contribution in [0.3, 0.4) is 0 Å². The van der Waals surface area contributed by atoms with Gasteiger partial charge in [-0.15, -0.1) is 0 Å². The Hall–Kier alpha value is -0.870. The smallest absolute Gasteiger partial charge is 0.157 e. The van der Waals surface area contributed by atoms with Crippen LogP contribution in [0, 0.1) is 0 Å². The van der Waals surface area contributed by atoms with Crippen molar-refractivity contribution in [3.05, 3.63) is 35.4 Å². The lowest BCUT2D eigenvalue weighted by Crippen LogP contribution is -2.20. The van der Waals surface area contributed by atoms with Crippen molar-refractivity contribution in [3.8, 4) is 0 Å². The van der Waals surface area contributed by atoms with E-state index in [-0.39, 0.29) is 6.04 Å². The van der Waals surface area contributed by atoms with E-state index < -0.39 is 14.6 Å². The summed E-state index contributed by atoms with van der Waals surface area (Å²) in [6, 6.07) is 7.98. The molecule has 1 aliphatic carbocycles. The summed E-state index contributed by atoms with van der Waals surface area (Å²) >= 11 is 0. The molecule has 2 rings (SSSR count). The Labute approximate surface area is 103 Å². The monoisotopic (exact) mass is 253 g/mol. The van der Waals surface area contributed by atoms with Crippen molar-refractivity contribution in [2.45, 2.75) is 37.0 Å². The van der Waals surface area contributed by atoms with E-state index in [2.05, 4.69) is 0 Å². The van der Waals surface area contributed by atoms with E-state index in [0.29, 0.717) is 0 Å². The van der Waals surface area contributed by atoms with Gasteiger partial charge in [-0.05, 0) is 37.3 Å². The number of nitrogens with two attached hydrogens (primary N) is 1. The number of sulfone groups is 1. The molecule has 0 bridgehead atoms. The van der Waals surface area contributed by atoms with Gasteiger partial charge >= 0.3 is 0 Å². The minimum absolute atomic E-state index is 0.130. The molecule has 0 radical (unpaired) electrons. The van der Waals surface area contributed by atoms with Crippen LogP contribution in [-0.4, -0.2) is 20.7 Å². The molecule has 1 unspecified atom stereocenters. The van der Waals surface area contributed by atoms with E-state index in [1.807, 2.05) is 31.2 Å². The summed E-state index contributed by atoms with van der Waals surface area (Å²) < 4.78 is 22.9. The van der Waals surface area contributed by atoms with Gasteiger partial charge in [0.2, 0.25) is 0 Å². The van der Waals surface area contributed by atoms with E-state index in [9.17, 15) is 8.42 Å². The fraction of sp³-hybridized carbons (Fsp3) is 0.538. The standard InChI is InChI=1S/C13H19NO2S/c1-10(14)9-11-3-5-12(6-4-11)13(7-8-13)17(2,15)16/h3-6,10H,7-9,14H2,1-2H3. The topological polar surface area (TPSA) is 60.2 Å². The number of hydrogen-bond donors (Lipinski definition) is 1. The molecule has 3 nitrogen and oxygen atoms in total. The molecule has 4 heteroatoms. The first-order valence-electron chi connectivity index (χ1n) is 5.90. The summed E-state index contributed by atoms with van der Waals surface area (Å²) in [5.41, 5.74) is 7.82. The first-order valence-corrected chi connectivity index (χ1v) is 7.79. The normalized spacial score (nSPS) is 19.9. The van der Waals surface area contributed by atoms with Crippen LogP contribution >= 0.6 is 0 Å². The maximum atomic E-state index is 11.8. The van der Waals surface area contributed by atoms with Gasteiger partial charge in [-0.1, -0.05) is 24.3 Å². The van der Waals surface area contributed by atoms with Crippen molar-refractivity contribution in [2.75, 3.05) is 6.26 Å². The van der Waals surface area contributed by atoms with Crippen LogP contribution in [0.2, 0.25) is 0 Å². The number of rotatable bonds is 4. The zero-order chi connectivity index (χ0) is 12.7. The molecule has 2 N–H and O–H groups in total. The van der Waals surface area contributed by atoms with E-state index in [4.69, 9.17) is 5.73 Å². The lowest BCUT2D eigenvalue weighted by atomic mass is 10.0. The van der Waals surface area contributed by atoms with Gasteiger partial charge in [0.25, 0.3) is 0 Å². The van der Waals surface area contributed by atoms with Crippen LogP contribution < -0.4 is 5.73 Å². The van der Waals surface area contributed by atoms with Gasteiger partial charge in [0.1, 0.15) is 0 Å². The third-order valence-corrected chi connectivity index (χ3v) is 5.52. The number of benzene rings is 1. The quantitative estimate of drug-likeness (QED) is 0.887. The molecule has 0 heterocycles. The summed E-state index contributed by atoms with van der Waals surface area (Å²) in [7, 11) is -3.00. The minimum atomic E-state index is -3.00. The lowest BCUT2D eigenvalue weighted by molar-refractivity contribution is 0.586. The van der Waals surface area contributed by atoms with Crippen molar-refractivity contribution in [1.82, 2.24) is 0 Å². The highest BCUT2D eigenvalue weighted by molar-refractivity contribution is 7.92. The van der Waals surface area contributed by atoms with Gasteiger partial charge in [-0.25, -0.2) is 8.42 Å². The zero-order valence-electron chi connectivity index (χ0n) is 10.3. The second-order valence-corrected chi connectivity index (χ2v) is 7.47. The highest BCUT2D eigenvalue weighted by Crippen LogP contribution is 2.52. The summed E-state index contributed by atoms with van der Waals surface area (Å²) in [5.74, 6) is 0. The SMILES string of the molecule is CC(N)Cc1ccc(C2(S(C)(=O)=O)CC2)cc1. The molecule has 94 valence electrons. The van der Waals surface area contributed by atoms with Crippen molar-refractivity contribution in [3.63, 3.8) is 0 Å². The molecule has 1 fully saturated rings. The van der Waals surface area contributed by atoms with E-state index >= 15 is 0 Å².